The summed E-state index contributed by atoms with van der Waals surface area (Å²) in [5.41, 5.74) is -0.0139. The first kappa shape index (κ1) is 14.1. The van der Waals surface area contributed by atoms with Crippen LogP contribution in [0.25, 0.3) is 0 Å². The molecule has 1 aliphatic rings. The molecule has 1 saturated heterocycles. The molecule has 0 spiro atoms. The molecule has 7 heteroatoms. The Kier molecular flexibility index (Phi) is 3.96. The van der Waals surface area contributed by atoms with Gasteiger partial charge in [0, 0.05) is 19.2 Å². The van der Waals surface area contributed by atoms with E-state index in [-0.39, 0.29) is 5.69 Å². The fourth-order valence-corrected chi connectivity index (χ4v) is 3.29. The molecule has 0 unspecified atom stereocenters. The summed E-state index contributed by atoms with van der Waals surface area (Å²) in [5, 5.41) is 9.51. The highest BCUT2D eigenvalue weighted by Gasteiger charge is 2.26. The lowest BCUT2D eigenvalue weighted by molar-refractivity contribution is 0.289. The van der Waals surface area contributed by atoms with Crippen molar-refractivity contribution in [2.75, 3.05) is 17.8 Å². The average Bonchev–Trinajstić information content (AvgIpc) is 2.33. The molecule has 1 aromatic carbocycles. The van der Waals surface area contributed by atoms with E-state index in [9.17, 15) is 17.9 Å². The number of benzene rings is 1. The van der Waals surface area contributed by atoms with Crippen molar-refractivity contribution < 1.29 is 17.9 Å². The Balaban J connectivity index is 2.12. The largest absolute Gasteiger partial charge is 0.506 e. The Morgan fingerprint density at radius 1 is 1.37 bits per heavy atom. The second-order valence-corrected chi connectivity index (χ2v) is 6.52. The van der Waals surface area contributed by atoms with Crippen LogP contribution in [0.5, 0.6) is 5.75 Å². The molecule has 2 rings (SSSR count). The van der Waals surface area contributed by atoms with Crippen molar-refractivity contribution in [2.24, 2.45) is 5.92 Å². The fourth-order valence-electron chi connectivity index (χ4n) is 2.02. The SMILES string of the molecule is CC1CCN(S(=O)(=O)Nc2ccc(F)cc2O)CC1. The summed E-state index contributed by atoms with van der Waals surface area (Å²) < 4.78 is 40.7. The maximum absolute atomic E-state index is 12.8. The van der Waals surface area contributed by atoms with Crippen molar-refractivity contribution in [1.29, 1.82) is 0 Å². The van der Waals surface area contributed by atoms with E-state index in [4.69, 9.17) is 0 Å². The van der Waals surface area contributed by atoms with Gasteiger partial charge in [0.15, 0.2) is 0 Å². The number of anilines is 1. The van der Waals surface area contributed by atoms with Crippen LogP contribution in [0.2, 0.25) is 0 Å². The number of piperidine rings is 1. The molecule has 1 aliphatic heterocycles. The highest BCUT2D eigenvalue weighted by atomic mass is 32.2. The van der Waals surface area contributed by atoms with Gasteiger partial charge in [-0.15, -0.1) is 0 Å². The molecular weight excluding hydrogens is 271 g/mol. The molecule has 2 N–H and O–H groups in total. The number of rotatable bonds is 3. The third-order valence-corrected chi connectivity index (χ3v) is 4.80. The van der Waals surface area contributed by atoms with Crippen LogP contribution in [0.15, 0.2) is 18.2 Å². The van der Waals surface area contributed by atoms with E-state index in [0.717, 1.165) is 25.0 Å². The summed E-state index contributed by atoms with van der Waals surface area (Å²) in [7, 11) is -3.69. The van der Waals surface area contributed by atoms with Gasteiger partial charge in [-0.3, -0.25) is 4.72 Å². The zero-order valence-corrected chi connectivity index (χ0v) is 11.5. The summed E-state index contributed by atoms with van der Waals surface area (Å²) in [6.45, 7) is 3.00. The number of halogens is 1. The normalized spacial score (nSPS) is 18.4. The molecule has 106 valence electrons. The van der Waals surface area contributed by atoms with Gasteiger partial charge in [-0.05, 0) is 30.9 Å². The molecule has 1 aromatic rings. The number of hydrogen-bond acceptors (Lipinski definition) is 3. The van der Waals surface area contributed by atoms with Gasteiger partial charge in [0.25, 0.3) is 0 Å². The third kappa shape index (κ3) is 3.36. The number of phenolic OH excluding ortho intramolecular Hbond substituents is 1. The summed E-state index contributed by atoms with van der Waals surface area (Å²) in [5.74, 6) is -0.521. The van der Waals surface area contributed by atoms with Gasteiger partial charge >= 0.3 is 10.2 Å². The van der Waals surface area contributed by atoms with Crippen molar-refractivity contribution in [3.8, 4) is 5.75 Å². The number of hydrogen-bond donors (Lipinski definition) is 2. The maximum Gasteiger partial charge on any atom is 0.301 e. The van der Waals surface area contributed by atoms with E-state index >= 15 is 0 Å². The molecule has 0 radical (unpaired) electrons. The lowest BCUT2D eigenvalue weighted by Gasteiger charge is -2.29. The van der Waals surface area contributed by atoms with Crippen LogP contribution >= 0.6 is 0 Å². The smallest absolute Gasteiger partial charge is 0.301 e. The number of nitrogens with one attached hydrogen (secondary N) is 1. The van der Waals surface area contributed by atoms with Gasteiger partial charge in [-0.25, -0.2) is 4.39 Å². The summed E-state index contributed by atoms with van der Waals surface area (Å²) in [6.07, 6.45) is 1.63. The van der Waals surface area contributed by atoms with Crippen LogP contribution in [0.4, 0.5) is 10.1 Å². The van der Waals surface area contributed by atoms with Gasteiger partial charge in [0.1, 0.15) is 11.6 Å². The van der Waals surface area contributed by atoms with Crippen LogP contribution in [0, 0.1) is 11.7 Å². The standard InChI is InChI=1S/C12H17FN2O3S/c1-9-4-6-15(7-5-9)19(17,18)14-11-3-2-10(13)8-12(11)16/h2-3,8-9,14,16H,4-7H2,1H3. The monoisotopic (exact) mass is 288 g/mol. The second-order valence-electron chi connectivity index (χ2n) is 4.85. The van der Waals surface area contributed by atoms with E-state index in [1.54, 1.807) is 0 Å². The van der Waals surface area contributed by atoms with Gasteiger partial charge in [-0.2, -0.15) is 12.7 Å². The predicted molar refractivity (Wildman–Crippen MR) is 70.6 cm³/mol. The van der Waals surface area contributed by atoms with E-state index < -0.39 is 21.8 Å². The van der Waals surface area contributed by atoms with Gasteiger partial charge in [-0.1, -0.05) is 6.92 Å². The van der Waals surface area contributed by atoms with Crippen LogP contribution in [-0.2, 0) is 10.2 Å². The zero-order chi connectivity index (χ0) is 14.0. The summed E-state index contributed by atoms with van der Waals surface area (Å²) in [4.78, 5) is 0. The molecule has 0 aliphatic carbocycles. The van der Waals surface area contributed by atoms with Crippen molar-refractivity contribution in [1.82, 2.24) is 4.31 Å². The summed E-state index contributed by atoms with van der Waals surface area (Å²) in [6, 6.07) is 3.17. The number of aromatic hydroxyl groups is 1. The number of phenols is 1. The van der Waals surface area contributed by atoms with Crippen LogP contribution in [0.1, 0.15) is 19.8 Å². The van der Waals surface area contributed by atoms with Crippen molar-refractivity contribution in [2.45, 2.75) is 19.8 Å². The minimum absolute atomic E-state index is 0.0139. The lowest BCUT2D eigenvalue weighted by atomic mass is 10.0. The molecular formula is C12H17FN2O3S. The van der Waals surface area contributed by atoms with Gasteiger partial charge in [0.05, 0.1) is 5.69 Å². The quantitative estimate of drug-likeness (QED) is 0.835. The molecule has 0 saturated carbocycles. The average molecular weight is 288 g/mol. The van der Waals surface area contributed by atoms with E-state index in [2.05, 4.69) is 11.6 Å². The predicted octanol–water partition coefficient (Wildman–Crippen LogP) is 1.92. The first-order valence-corrected chi connectivity index (χ1v) is 7.59. The van der Waals surface area contributed by atoms with E-state index in [0.29, 0.717) is 19.0 Å². The highest BCUT2D eigenvalue weighted by Crippen LogP contribution is 2.26. The van der Waals surface area contributed by atoms with Gasteiger partial charge < -0.3 is 5.11 Å². The highest BCUT2D eigenvalue weighted by molar-refractivity contribution is 7.90. The summed E-state index contributed by atoms with van der Waals surface area (Å²) >= 11 is 0. The van der Waals surface area contributed by atoms with E-state index in [1.165, 1.54) is 10.4 Å². The Morgan fingerprint density at radius 3 is 2.58 bits per heavy atom. The van der Waals surface area contributed by atoms with Crippen molar-refractivity contribution in [3.63, 3.8) is 0 Å². The Labute approximate surface area is 112 Å². The molecule has 1 heterocycles. The van der Waals surface area contributed by atoms with Crippen molar-refractivity contribution in [3.05, 3.63) is 24.0 Å². The maximum atomic E-state index is 12.8. The topological polar surface area (TPSA) is 69.6 Å². The fraction of sp³-hybridized carbons (Fsp3) is 0.500. The third-order valence-electron chi connectivity index (χ3n) is 3.28. The molecule has 5 nitrogen and oxygen atoms in total. The minimum Gasteiger partial charge on any atom is -0.506 e. The van der Waals surface area contributed by atoms with Crippen LogP contribution in [0.3, 0.4) is 0 Å². The zero-order valence-electron chi connectivity index (χ0n) is 10.6. The molecule has 19 heavy (non-hydrogen) atoms. The minimum atomic E-state index is -3.69. The van der Waals surface area contributed by atoms with Crippen LogP contribution in [-0.4, -0.2) is 30.9 Å². The number of nitrogens with zero attached hydrogens (tertiary/aromatic N) is 1. The molecule has 0 atom stereocenters. The van der Waals surface area contributed by atoms with Gasteiger partial charge in [0.2, 0.25) is 0 Å². The van der Waals surface area contributed by atoms with E-state index in [1.807, 2.05) is 0 Å². The lowest BCUT2D eigenvalue weighted by Crippen LogP contribution is -2.41. The Hall–Kier alpha value is -1.34. The Morgan fingerprint density at radius 2 is 2.00 bits per heavy atom. The first-order chi connectivity index (χ1) is 8.88. The van der Waals surface area contributed by atoms with Crippen molar-refractivity contribution >= 4 is 15.9 Å². The molecule has 0 aromatic heterocycles. The van der Waals surface area contributed by atoms with Crippen LogP contribution < -0.4 is 4.72 Å². The Bertz CT molecular complexity index is 554. The second kappa shape index (κ2) is 5.34. The first-order valence-electron chi connectivity index (χ1n) is 6.15. The molecule has 0 amide bonds. The molecule has 1 fully saturated rings. The molecule has 0 bridgehead atoms.